The maximum Gasteiger partial charge on any atom is 1.00 e. The van der Waals surface area contributed by atoms with Gasteiger partial charge in [0.1, 0.15) is 11.9 Å². The number of aromatic nitrogens is 2. The molecule has 3 aliphatic carbocycles. The summed E-state index contributed by atoms with van der Waals surface area (Å²) < 4.78 is 0. The van der Waals surface area contributed by atoms with Crippen LogP contribution in [0.4, 0.5) is 17.1 Å². The third-order valence-corrected chi connectivity index (χ3v) is 8.92. The van der Waals surface area contributed by atoms with Gasteiger partial charge in [0.2, 0.25) is 0 Å². The Morgan fingerprint density at radius 2 is 0.963 bits per heavy atom. The number of para-hydroxylation sites is 3. The monoisotopic (exact) mass is 923 g/mol. The Labute approximate surface area is 374 Å². The van der Waals surface area contributed by atoms with E-state index in [1.54, 1.807) is 24.3 Å². The number of rotatable bonds is 0. The van der Waals surface area contributed by atoms with E-state index in [0.717, 1.165) is 84.5 Å². The van der Waals surface area contributed by atoms with Crippen molar-refractivity contribution in [2.45, 2.75) is 83.5 Å². The zero-order valence-corrected chi connectivity index (χ0v) is 41.9. The first-order chi connectivity index (χ1) is 25.3. The third kappa shape index (κ3) is 16.1. The minimum atomic E-state index is -0.931. The number of nitrogens with zero attached hydrogens (tertiary/aromatic N) is 3. The molecule has 54 heavy (non-hydrogen) atoms. The van der Waals surface area contributed by atoms with Crippen LogP contribution in [0.3, 0.4) is 0 Å². The molecular weight excluding hydrogens is 880 g/mol. The quantitative estimate of drug-likeness (QED) is 0.104. The number of fused-ring (bicyclic) bond motifs is 4. The van der Waals surface area contributed by atoms with Crippen molar-refractivity contribution in [1.29, 1.82) is 5.26 Å². The minimum Gasteiger partial charge on any atom is -0.870 e. The Morgan fingerprint density at radius 3 is 1.33 bits per heavy atom. The van der Waals surface area contributed by atoms with Gasteiger partial charge in [-0.3, -0.25) is 14.8 Å². The molecule has 0 spiro atoms. The van der Waals surface area contributed by atoms with Crippen molar-refractivity contribution in [3.63, 3.8) is 0 Å². The average Bonchev–Trinajstić information content (AvgIpc) is 3.17. The molecule has 0 radical (unpaired) electrons. The van der Waals surface area contributed by atoms with Crippen molar-refractivity contribution < 1.29 is 71.5 Å². The number of nitrogen functional groups attached to an aromatic ring is 3. The number of hydrogen-bond acceptors (Lipinski definition) is 8. The van der Waals surface area contributed by atoms with E-state index in [9.17, 15) is 4.79 Å². The van der Waals surface area contributed by atoms with E-state index < -0.39 is 30.3 Å². The van der Waals surface area contributed by atoms with Gasteiger partial charge in [0.05, 0.1) is 16.6 Å². The van der Waals surface area contributed by atoms with Crippen molar-refractivity contribution in [2.75, 3.05) is 17.2 Å². The number of Topliss-reactive ketones (excluding diaryl/α,β-unsaturated/α-hetero) is 1. The van der Waals surface area contributed by atoms with Gasteiger partial charge in [-0.05, 0) is 99.6 Å². The zero-order chi connectivity index (χ0) is 37.7. The van der Waals surface area contributed by atoms with Crippen LogP contribution in [0.1, 0.15) is 87.3 Å². The summed E-state index contributed by atoms with van der Waals surface area (Å²) in [4.78, 5) is 19.9. The molecule has 0 saturated heterocycles. The summed E-state index contributed by atoms with van der Waals surface area (Å²) in [5, 5.41) is 10.6. The molecule has 2 heterocycles. The van der Waals surface area contributed by atoms with Crippen LogP contribution >= 0.6 is 38.8 Å². The summed E-state index contributed by atoms with van der Waals surface area (Å²) >= 11 is -1.86. The van der Waals surface area contributed by atoms with E-state index >= 15 is 0 Å². The maximum atomic E-state index is 10.5. The minimum absolute atomic E-state index is 0. The number of pyridine rings is 2. The summed E-state index contributed by atoms with van der Waals surface area (Å²) in [6.45, 7) is 0. The number of nitrogens with two attached hydrogens (primary N) is 3. The smallest absolute Gasteiger partial charge is 0.870 e. The number of aryl methyl sites for hydroxylation is 2. The number of carbonyl (C=O) groups excluding carboxylic acids is 1. The summed E-state index contributed by atoms with van der Waals surface area (Å²) in [6, 6.07) is 25.2. The van der Waals surface area contributed by atoms with Crippen LogP contribution in [-0.2, 0) is 60.8 Å². The standard InChI is InChI=1S/2C13H14N2.C7H6N2.C6H10O.4ClH.Na.H2O.2Zn.H2/c2*14-13-9-5-1-3-7-11(9)15-12-8-4-2-6-10(12)13;8-5-6-3-1-2-4-7(6)9;7-6-4-2-1-3-5-6;;;;;;;;;/h2*1,3,5,7H,2,4,6,8H2,(H2,14,15);1-4H,9H2;1-5H2;4*1H;;1H2;;;1H/q;;;;;;;;+1;;2*+2;/p-5/i;;;;;;;;;;;;1+1. The first-order valence-electron chi connectivity index (χ1n) is 17.6. The van der Waals surface area contributed by atoms with Gasteiger partial charge in [-0.1, -0.05) is 55.0 Å². The van der Waals surface area contributed by atoms with Gasteiger partial charge in [-0.2, -0.15) is 5.26 Å². The van der Waals surface area contributed by atoms with Crippen LogP contribution in [-0.4, -0.2) is 21.2 Å². The molecule has 15 heteroatoms. The second-order valence-corrected chi connectivity index (χ2v) is 21.6. The number of halogens is 4. The number of nitriles is 1. The Hall–Kier alpha value is -1.59. The first-order valence-corrected chi connectivity index (χ1v) is 33.2. The fourth-order valence-electron chi connectivity index (χ4n) is 6.36. The van der Waals surface area contributed by atoms with E-state index in [1.165, 1.54) is 54.6 Å². The van der Waals surface area contributed by atoms with Gasteiger partial charge >= 0.3 is 98.6 Å². The zero-order valence-electron chi connectivity index (χ0n) is 31.0. The van der Waals surface area contributed by atoms with Crippen LogP contribution < -0.4 is 46.8 Å². The van der Waals surface area contributed by atoms with E-state index in [0.29, 0.717) is 17.0 Å². The number of carbonyl (C=O) groups is 1. The van der Waals surface area contributed by atoms with Crippen LogP contribution in [0.15, 0.2) is 72.8 Å². The molecule has 1 fully saturated rings. The van der Waals surface area contributed by atoms with Crippen molar-refractivity contribution >= 4 is 83.4 Å². The van der Waals surface area contributed by atoms with Gasteiger partial charge in [0.25, 0.3) is 0 Å². The third-order valence-electron chi connectivity index (χ3n) is 8.92. The van der Waals surface area contributed by atoms with E-state index in [-0.39, 0.29) is 36.5 Å². The fraction of sp³-hybridized carbons (Fsp3) is 0.333. The van der Waals surface area contributed by atoms with Crippen LogP contribution in [0.5, 0.6) is 0 Å². The van der Waals surface area contributed by atoms with E-state index in [1.807, 2.05) is 42.5 Å². The maximum absolute atomic E-state index is 10.5. The van der Waals surface area contributed by atoms with Crippen LogP contribution in [0.2, 0.25) is 0 Å². The van der Waals surface area contributed by atoms with Crippen molar-refractivity contribution in [3.05, 3.63) is 101 Å². The molecule has 5 aromatic rings. The Morgan fingerprint density at radius 1 is 0.593 bits per heavy atom. The second-order valence-electron chi connectivity index (χ2n) is 12.4. The normalized spacial score (nSPS) is 13.1. The molecule has 7 N–H and O–H groups in total. The largest absolute Gasteiger partial charge is 1.00 e. The van der Waals surface area contributed by atoms with E-state index in [4.69, 9.17) is 71.2 Å². The van der Waals surface area contributed by atoms with Gasteiger partial charge in [-0.15, -0.1) is 0 Å². The van der Waals surface area contributed by atoms with Gasteiger partial charge < -0.3 is 22.7 Å². The Kier molecular flexibility index (Phi) is 26.8. The van der Waals surface area contributed by atoms with Crippen molar-refractivity contribution in [3.8, 4) is 6.07 Å². The van der Waals surface area contributed by atoms with Crippen molar-refractivity contribution in [1.82, 2.24) is 9.97 Å². The molecule has 0 atom stereocenters. The molecule has 8 rings (SSSR count). The van der Waals surface area contributed by atoms with E-state index in [2.05, 4.69) is 12.1 Å². The summed E-state index contributed by atoms with van der Waals surface area (Å²) in [5.74, 6) is 0.464. The average molecular weight is 928 g/mol. The summed E-state index contributed by atoms with van der Waals surface area (Å²) in [5.41, 5.74) is 27.9. The molecule has 0 unspecified atom stereocenters. The van der Waals surface area contributed by atoms with Gasteiger partial charge in [0.15, 0.2) is 0 Å². The molecular formula is C39H47Cl4N6NaO2Zn2. The van der Waals surface area contributed by atoms with Gasteiger partial charge in [0, 0.05) is 53.5 Å². The number of hydrogen-bond donors (Lipinski definition) is 3. The molecule has 278 valence electrons. The Bertz CT molecular complexity index is 1840. The number of ketones is 1. The SMILES string of the molecule is N#Cc1ccccc1N.Nc1c2c(nc3ccccc13)CCCC2.Nc1c2c(nc3ccccc13)CCCC2.O=C1CCCCC1.[2HH].[Cl][Zn][Cl].[Cl][Zn][Cl].[Na+].[OH-]. The van der Waals surface area contributed by atoms with Gasteiger partial charge in [-0.25, -0.2) is 0 Å². The predicted molar refractivity (Wildman–Crippen MR) is 217 cm³/mol. The molecule has 2 aromatic heterocycles. The van der Waals surface area contributed by atoms with Crippen LogP contribution in [0.25, 0.3) is 21.8 Å². The topological polar surface area (TPSA) is 175 Å². The summed E-state index contributed by atoms with van der Waals surface area (Å²) in [7, 11) is 19.8. The molecule has 3 aliphatic rings. The summed E-state index contributed by atoms with van der Waals surface area (Å²) in [6.07, 6.45) is 14.6. The molecule has 3 aromatic carbocycles. The van der Waals surface area contributed by atoms with Crippen LogP contribution in [0, 0.1) is 11.3 Å². The first kappa shape index (κ1) is 50.4. The molecule has 8 nitrogen and oxygen atoms in total. The molecule has 0 amide bonds. The fourth-order valence-corrected chi connectivity index (χ4v) is 6.36. The molecule has 0 bridgehead atoms. The predicted octanol–water partition coefficient (Wildman–Crippen LogP) is 7.88. The van der Waals surface area contributed by atoms with Crippen molar-refractivity contribution in [2.24, 2.45) is 0 Å². The number of anilines is 3. The Balaban J connectivity index is 0.000000685. The molecule has 0 aliphatic heterocycles. The molecule has 1 saturated carbocycles. The number of benzene rings is 3. The second kappa shape index (κ2) is 28.7.